The van der Waals surface area contributed by atoms with E-state index < -0.39 is 26.5 Å². The van der Waals surface area contributed by atoms with E-state index in [0.717, 1.165) is 51.4 Å². The zero-order valence-corrected chi connectivity index (χ0v) is 39.0. The topological polar surface area (TPSA) is 108 Å². The lowest BCUT2D eigenvalue weighted by molar-refractivity contribution is -0.870. The number of unbranched alkanes of at least 4 members (excludes halogenated alkanes) is 28. The molecule has 0 bridgehead atoms. The molecule has 57 heavy (non-hydrogen) atoms. The lowest BCUT2D eigenvalue weighted by Crippen LogP contribution is -2.37. The molecule has 0 aromatic heterocycles. The molecule has 0 rings (SSSR count). The van der Waals surface area contributed by atoms with Crippen LogP contribution in [0.1, 0.15) is 226 Å². The highest BCUT2D eigenvalue weighted by Crippen LogP contribution is 2.43. The van der Waals surface area contributed by atoms with Gasteiger partial charge in [0.05, 0.1) is 27.7 Å². The van der Waals surface area contributed by atoms with Crippen LogP contribution in [0, 0.1) is 0 Å². The summed E-state index contributed by atoms with van der Waals surface area (Å²) in [5.74, 6) is -0.797. The van der Waals surface area contributed by atoms with Crippen LogP contribution in [0.25, 0.3) is 0 Å². The van der Waals surface area contributed by atoms with Crippen molar-refractivity contribution in [3.63, 3.8) is 0 Å². The standard InChI is InChI=1S/C47H92NO8P/c1-6-8-10-12-14-16-18-20-21-22-23-24-25-26-28-30-32-34-36-38-40-47(50)56-45(44-55-57(51,52)54-42-41-48(3,4)5)43-53-46(49)39-37-35-33-31-29-27-19-17-15-13-11-9-7-2/h17,19,45H,6-16,18,20-44H2,1-5H3/p+1/b19-17+/t45-/m1/s1. The largest absolute Gasteiger partial charge is 0.472 e. The van der Waals surface area contributed by atoms with Crippen molar-refractivity contribution in [1.29, 1.82) is 0 Å². The number of carbonyl (C=O) groups is 2. The van der Waals surface area contributed by atoms with Crippen molar-refractivity contribution in [2.75, 3.05) is 47.5 Å². The van der Waals surface area contributed by atoms with Crippen LogP contribution < -0.4 is 0 Å². The molecule has 0 heterocycles. The number of carbonyl (C=O) groups excluding carboxylic acids is 2. The molecule has 0 aliphatic heterocycles. The minimum absolute atomic E-state index is 0.0337. The smallest absolute Gasteiger partial charge is 0.462 e. The van der Waals surface area contributed by atoms with Crippen molar-refractivity contribution in [3.8, 4) is 0 Å². The summed E-state index contributed by atoms with van der Waals surface area (Å²) in [6.45, 7) is 4.43. The Morgan fingerprint density at radius 2 is 0.895 bits per heavy atom. The molecule has 0 aliphatic carbocycles. The number of phosphoric acid groups is 1. The van der Waals surface area contributed by atoms with Crippen LogP contribution in [0.2, 0.25) is 0 Å². The second-order valence-electron chi connectivity index (χ2n) is 17.5. The van der Waals surface area contributed by atoms with E-state index in [1.54, 1.807) is 0 Å². The van der Waals surface area contributed by atoms with Crippen LogP contribution >= 0.6 is 7.82 Å². The fourth-order valence-corrected chi connectivity index (χ4v) is 7.52. The van der Waals surface area contributed by atoms with Crippen LogP contribution in [0.5, 0.6) is 0 Å². The molecule has 1 unspecified atom stereocenters. The Morgan fingerprint density at radius 1 is 0.526 bits per heavy atom. The van der Waals surface area contributed by atoms with Gasteiger partial charge in [0, 0.05) is 12.8 Å². The summed E-state index contributed by atoms with van der Waals surface area (Å²) >= 11 is 0. The normalized spacial score (nSPS) is 13.6. The molecule has 0 fully saturated rings. The van der Waals surface area contributed by atoms with Gasteiger partial charge in [0.15, 0.2) is 6.10 Å². The van der Waals surface area contributed by atoms with Gasteiger partial charge in [-0.2, -0.15) is 0 Å². The van der Waals surface area contributed by atoms with E-state index in [0.29, 0.717) is 17.4 Å². The first-order chi connectivity index (χ1) is 27.5. The van der Waals surface area contributed by atoms with Crippen LogP contribution in [-0.2, 0) is 32.7 Å². The lowest BCUT2D eigenvalue weighted by atomic mass is 10.0. The van der Waals surface area contributed by atoms with Gasteiger partial charge in [-0.25, -0.2) is 4.57 Å². The Kier molecular flexibility index (Phi) is 39.3. The third kappa shape index (κ3) is 44.1. The first-order valence-electron chi connectivity index (χ1n) is 23.9. The van der Waals surface area contributed by atoms with E-state index in [1.165, 1.54) is 141 Å². The number of esters is 2. The molecular weight excluding hydrogens is 737 g/mol. The average molecular weight is 831 g/mol. The predicted octanol–water partition coefficient (Wildman–Crippen LogP) is 13.8. The number of allylic oxidation sites excluding steroid dienone is 2. The van der Waals surface area contributed by atoms with Crippen molar-refractivity contribution in [1.82, 2.24) is 0 Å². The van der Waals surface area contributed by atoms with E-state index >= 15 is 0 Å². The van der Waals surface area contributed by atoms with Crippen LogP contribution in [0.4, 0.5) is 0 Å². The van der Waals surface area contributed by atoms with E-state index in [4.69, 9.17) is 18.5 Å². The molecule has 0 amide bonds. The average Bonchev–Trinajstić information content (AvgIpc) is 3.16. The van der Waals surface area contributed by atoms with Crippen LogP contribution in [0.15, 0.2) is 12.2 Å². The fourth-order valence-electron chi connectivity index (χ4n) is 6.77. The van der Waals surface area contributed by atoms with Crippen molar-refractivity contribution in [2.24, 2.45) is 0 Å². The van der Waals surface area contributed by atoms with Gasteiger partial charge in [0.2, 0.25) is 0 Å². The van der Waals surface area contributed by atoms with Gasteiger partial charge in [-0.05, 0) is 38.5 Å². The van der Waals surface area contributed by atoms with Crippen LogP contribution in [0.3, 0.4) is 0 Å². The molecule has 0 saturated heterocycles. The number of quaternary nitrogens is 1. The van der Waals surface area contributed by atoms with E-state index in [9.17, 15) is 19.0 Å². The Hall–Kier alpha value is -1.25. The summed E-state index contributed by atoms with van der Waals surface area (Å²) in [5, 5.41) is 0. The summed E-state index contributed by atoms with van der Waals surface area (Å²) in [4.78, 5) is 35.4. The monoisotopic (exact) mass is 831 g/mol. The minimum atomic E-state index is -4.37. The molecule has 0 aromatic rings. The Bertz CT molecular complexity index is 985. The summed E-state index contributed by atoms with van der Waals surface area (Å²) in [6, 6.07) is 0. The van der Waals surface area contributed by atoms with Crippen LogP contribution in [-0.4, -0.2) is 74.9 Å². The lowest BCUT2D eigenvalue weighted by Gasteiger charge is -2.24. The van der Waals surface area contributed by atoms with Gasteiger partial charge in [0.25, 0.3) is 0 Å². The molecule has 9 nitrogen and oxygen atoms in total. The van der Waals surface area contributed by atoms with Gasteiger partial charge in [-0.3, -0.25) is 18.6 Å². The second-order valence-corrected chi connectivity index (χ2v) is 19.0. The molecule has 0 spiro atoms. The first-order valence-corrected chi connectivity index (χ1v) is 25.4. The number of phosphoric ester groups is 1. The molecular formula is C47H93NO8P+. The number of hydrogen-bond donors (Lipinski definition) is 1. The Labute approximate surface area is 352 Å². The quantitative estimate of drug-likeness (QED) is 0.0213. The molecule has 0 saturated carbocycles. The van der Waals surface area contributed by atoms with Crippen molar-refractivity contribution >= 4 is 19.8 Å². The van der Waals surface area contributed by atoms with Gasteiger partial charge < -0.3 is 18.9 Å². The van der Waals surface area contributed by atoms with E-state index in [1.807, 2.05) is 21.1 Å². The summed E-state index contributed by atoms with van der Waals surface area (Å²) in [6.07, 6.45) is 42.6. The zero-order valence-electron chi connectivity index (χ0n) is 38.1. The predicted molar refractivity (Wildman–Crippen MR) is 238 cm³/mol. The molecule has 10 heteroatoms. The van der Waals surface area contributed by atoms with E-state index in [2.05, 4.69) is 26.0 Å². The minimum Gasteiger partial charge on any atom is -0.462 e. The molecule has 0 aliphatic rings. The number of likely N-dealkylation sites (N-methyl/N-ethyl adjacent to an activating group) is 1. The molecule has 1 N–H and O–H groups in total. The Morgan fingerprint density at radius 3 is 1.32 bits per heavy atom. The molecule has 338 valence electrons. The van der Waals surface area contributed by atoms with Crippen molar-refractivity contribution in [2.45, 2.75) is 232 Å². The zero-order chi connectivity index (χ0) is 42.1. The maximum absolute atomic E-state index is 12.7. The molecule has 0 radical (unpaired) electrons. The molecule has 2 atom stereocenters. The SMILES string of the molecule is CCCCCC/C=C/CCCCCCCC(=O)OC[C@H](COP(=O)(O)OCC[N+](C)(C)C)OC(=O)CCCCCCCCCCCCCCCCCCCCCC. The third-order valence-corrected chi connectivity index (χ3v) is 11.5. The summed E-state index contributed by atoms with van der Waals surface area (Å²) in [7, 11) is 1.48. The summed E-state index contributed by atoms with van der Waals surface area (Å²) in [5.41, 5.74) is 0. The van der Waals surface area contributed by atoms with Crippen molar-refractivity contribution in [3.05, 3.63) is 12.2 Å². The van der Waals surface area contributed by atoms with E-state index in [-0.39, 0.29) is 32.0 Å². The highest BCUT2D eigenvalue weighted by Gasteiger charge is 2.27. The number of rotatable bonds is 44. The number of ether oxygens (including phenoxy) is 2. The van der Waals surface area contributed by atoms with Crippen molar-refractivity contribution < 1.29 is 42.1 Å². The Balaban J connectivity index is 4.24. The first kappa shape index (κ1) is 55.8. The van der Waals surface area contributed by atoms with Gasteiger partial charge >= 0.3 is 19.8 Å². The number of hydrogen-bond acceptors (Lipinski definition) is 7. The number of nitrogens with zero attached hydrogens (tertiary/aromatic N) is 1. The maximum Gasteiger partial charge on any atom is 0.472 e. The highest BCUT2D eigenvalue weighted by molar-refractivity contribution is 7.47. The van der Waals surface area contributed by atoms with Gasteiger partial charge in [-0.1, -0.05) is 187 Å². The summed E-state index contributed by atoms with van der Waals surface area (Å²) < 4.78 is 34.4. The molecule has 0 aromatic carbocycles. The maximum atomic E-state index is 12.7. The van der Waals surface area contributed by atoms with Gasteiger partial charge in [-0.15, -0.1) is 0 Å². The second kappa shape index (κ2) is 40.2. The fraction of sp³-hybridized carbons (Fsp3) is 0.915. The third-order valence-electron chi connectivity index (χ3n) is 10.5. The highest BCUT2D eigenvalue weighted by atomic mass is 31.2. The van der Waals surface area contributed by atoms with Gasteiger partial charge in [0.1, 0.15) is 19.8 Å².